The van der Waals surface area contributed by atoms with Gasteiger partial charge >= 0.3 is 0 Å². The van der Waals surface area contributed by atoms with Gasteiger partial charge in [0.05, 0.1) is 18.4 Å². The van der Waals surface area contributed by atoms with E-state index in [0.29, 0.717) is 23.5 Å². The zero-order valence-electron chi connectivity index (χ0n) is 8.61. The quantitative estimate of drug-likeness (QED) is 0.682. The number of Topliss-reactive ketones (excluding diaryl/α,β-unsaturated/α-hetero) is 1. The van der Waals surface area contributed by atoms with E-state index in [9.17, 15) is 9.59 Å². The molecule has 1 aliphatic heterocycles. The minimum atomic E-state index is -0.458. The van der Waals surface area contributed by atoms with Crippen molar-refractivity contribution in [2.24, 2.45) is 0 Å². The molecule has 4 nitrogen and oxygen atoms in total. The first-order valence-corrected chi connectivity index (χ1v) is 4.73. The van der Waals surface area contributed by atoms with Gasteiger partial charge in [0.25, 0.3) is 11.7 Å². The summed E-state index contributed by atoms with van der Waals surface area (Å²) in [6.45, 7) is 2.32. The van der Waals surface area contributed by atoms with Gasteiger partial charge in [-0.05, 0) is 19.1 Å². The number of ketones is 1. The first kappa shape index (κ1) is 9.71. The molecule has 0 atom stereocenters. The second kappa shape index (κ2) is 3.38. The Labute approximate surface area is 87.4 Å². The smallest absolute Gasteiger partial charge is 0.299 e. The van der Waals surface area contributed by atoms with E-state index in [1.54, 1.807) is 25.3 Å². The summed E-state index contributed by atoms with van der Waals surface area (Å²) in [6, 6.07) is 5.02. The second-order valence-electron chi connectivity index (χ2n) is 3.26. The van der Waals surface area contributed by atoms with Crippen molar-refractivity contribution in [3.05, 3.63) is 23.8 Å². The van der Waals surface area contributed by atoms with Gasteiger partial charge in [0, 0.05) is 12.6 Å². The lowest BCUT2D eigenvalue weighted by Crippen LogP contribution is -2.29. The molecule has 1 aromatic rings. The predicted octanol–water partition coefficient (Wildman–Crippen LogP) is 1.24. The van der Waals surface area contributed by atoms with Crippen LogP contribution in [0.15, 0.2) is 18.2 Å². The maximum Gasteiger partial charge on any atom is 0.299 e. The largest absolute Gasteiger partial charge is 0.497 e. The van der Waals surface area contributed by atoms with E-state index in [4.69, 9.17) is 4.74 Å². The van der Waals surface area contributed by atoms with E-state index in [2.05, 4.69) is 0 Å². The molecule has 1 aromatic carbocycles. The first-order chi connectivity index (χ1) is 7.19. The lowest BCUT2D eigenvalue weighted by Gasteiger charge is -2.13. The number of methoxy groups -OCH3 is 1. The van der Waals surface area contributed by atoms with E-state index in [1.807, 2.05) is 6.92 Å². The third-order valence-corrected chi connectivity index (χ3v) is 2.50. The van der Waals surface area contributed by atoms with Crippen LogP contribution in [0.2, 0.25) is 0 Å². The van der Waals surface area contributed by atoms with Gasteiger partial charge in [-0.15, -0.1) is 0 Å². The number of hydrogen-bond donors (Lipinski definition) is 0. The molecule has 0 N–H and O–H groups in total. The number of fused-ring (bicyclic) bond motifs is 1. The van der Waals surface area contributed by atoms with Crippen LogP contribution >= 0.6 is 0 Å². The summed E-state index contributed by atoms with van der Waals surface area (Å²) in [5, 5.41) is 0. The standard InChI is InChI=1S/C11H11NO3/c1-3-12-9-6-7(15-2)4-5-8(9)10(13)11(12)14/h4-6H,3H2,1-2H3. The maximum atomic E-state index is 11.5. The van der Waals surface area contributed by atoms with Crippen molar-refractivity contribution in [2.45, 2.75) is 6.92 Å². The van der Waals surface area contributed by atoms with Crippen LogP contribution in [0.3, 0.4) is 0 Å². The molecule has 0 aliphatic carbocycles. The molecule has 0 saturated carbocycles. The molecule has 0 bridgehead atoms. The first-order valence-electron chi connectivity index (χ1n) is 4.73. The number of carbonyl (C=O) groups is 2. The van der Waals surface area contributed by atoms with Gasteiger partial charge in [0.15, 0.2) is 0 Å². The highest BCUT2D eigenvalue weighted by molar-refractivity contribution is 6.52. The Kier molecular flexibility index (Phi) is 2.19. The zero-order valence-corrected chi connectivity index (χ0v) is 8.61. The number of hydrogen-bond acceptors (Lipinski definition) is 3. The van der Waals surface area contributed by atoms with Gasteiger partial charge in [-0.1, -0.05) is 0 Å². The fraction of sp³-hybridized carbons (Fsp3) is 0.273. The number of ether oxygens (including phenoxy) is 1. The molecule has 2 rings (SSSR count). The van der Waals surface area contributed by atoms with E-state index in [0.717, 1.165) is 0 Å². The molecule has 4 heteroatoms. The van der Waals surface area contributed by atoms with Gasteiger partial charge in [-0.3, -0.25) is 9.59 Å². The van der Waals surface area contributed by atoms with Crippen LogP contribution in [0.5, 0.6) is 5.75 Å². The summed E-state index contributed by atoms with van der Waals surface area (Å²) >= 11 is 0. The number of nitrogens with zero attached hydrogens (tertiary/aromatic N) is 1. The van der Waals surface area contributed by atoms with Crippen LogP contribution in [0.1, 0.15) is 17.3 Å². The van der Waals surface area contributed by atoms with E-state index < -0.39 is 11.7 Å². The Balaban J connectivity index is 2.56. The summed E-state index contributed by atoms with van der Waals surface area (Å²) in [5.41, 5.74) is 1.11. The number of benzene rings is 1. The van der Waals surface area contributed by atoms with Crippen molar-refractivity contribution < 1.29 is 14.3 Å². The number of likely N-dealkylation sites (N-methyl/N-ethyl adjacent to an activating group) is 1. The summed E-state index contributed by atoms with van der Waals surface area (Å²) in [6.07, 6.45) is 0. The lowest BCUT2D eigenvalue weighted by atomic mass is 10.1. The van der Waals surface area contributed by atoms with Crippen molar-refractivity contribution in [1.29, 1.82) is 0 Å². The fourth-order valence-electron chi connectivity index (χ4n) is 1.71. The van der Waals surface area contributed by atoms with Gasteiger partial charge in [0.1, 0.15) is 5.75 Å². The van der Waals surface area contributed by atoms with Gasteiger partial charge in [-0.25, -0.2) is 0 Å². The van der Waals surface area contributed by atoms with Crippen LogP contribution in [-0.2, 0) is 4.79 Å². The molecule has 0 spiro atoms. The monoisotopic (exact) mass is 205 g/mol. The van der Waals surface area contributed by atoms with Crippen molar-refractivity contribution in [2.75, 3.05) is 18.6 Å². The lowest BCUT2D eigenvalue weighted by molar-refractivity contribution is -0.114. The third-order valence-electron chi connectivity index (χ3n) is 2.50. The van der Waals surface area contributed by atoms with Gasteiger partial charge < -0.3 is 9.64 Å². The van der Waals surface area contributed by atoms with Crippen molar-refractivity contribution in [1.82, 2.24) is 0 Å². The minimum absolute atomic E-state index is 0.436. The molecule has 0 saturated heterocycles. The summed E-state index contributed by atoms with van der Waals surface area (Å²) < 4.78 is 5.05. The second-order valence-corrected chi connectivity index (χ2v) is 3.26. The summed E-state index contributed by atoms with van der Waals surface area (Å²) in [5.74, 6) is -0.245. The predicted molar refractivity (Wildman–Crippen MR) is 55.4 cm³/mol. The van der Waals surface area contributed by atoms with Crippen molar-refractivity contribution >= 4 is 17.4 Å². The van der Waals surface area contributed by atoms with Crippen molar-refractivity contribution in [3.63, 3.8) is 0 Å². The van der Waals surface area contributed by atoms with Gasteiger partial charge in [0.2, 0.25) is 0 Å². The highest BCUT2D eigenvalue weighted by Gasteiger charge is 2.34. The highest BCUT2D eigenvalue weighted by Crippen LogP contribution is 2.31. The number of carbonyl (C=O) groups excluding carboxylic acids is 2. The average Bonchev–Trinajstić information content (AvgIpc) is 2.51. The van der Waals surface area contributed by atoms with E-state index >= 15 is 0 Å². The summed E-state index contributed by atoms with van der Waals surface area (Å²) in [4.78, 5) is 24.5. The molecule has 0 aromatic heterocycles. The van der Waals surface area contributed by atoms with Crippen molar-refractivity contribution in [3.8, 4) is 5.75 Å². The molecular weight excluding hydrogens is 194 g/mol. The molecule has 78 valence electrons. The summed E-state index contributed by atoms with van der Waals surface area (Å²) in [7, 11) is 1.55. The van der Waals surface area contributed by atoms with E-state index in [1.165, 1.54) is 4.90 Å². The van der Waals surface area contributed by atoms with Crippen LogP contribution < -0.4 is 9.64 Å². The molecule has 1 heterocycles. The zero-order chi connectivity index (χ0) is 11.0. The molecule has 1 amide bonds. The molecule has 0 radical (unpaired) electrons. The minimum Gasteiger partial charge on any atom is -0.497 e. The number of amides is 1. The highest BCUT2D eigenvalue weighted by atomic mass is 16.5. The number of anilines is 1. The van der Waals surface area contributed by atoms with Crippen LogP contribution in [0.4, 0.5) is 5.69 Å². The van der Waals surface area contributed by atoms with E-state index in [-0.39, 0.29) is 0 Å². The Morgan fingerprint density at radius 3 is 2.67 bits per heavy atom. The average molecular weight is 205 g/mol. The SMILES string of the molecule is CCN1C(=O)C(=O)c2ccc(OC)cc21. The maximum absolute atomic E-state index is 11.5. The van der Waals surface area contributed by atoms with Crippen LogP contribution in [0, 0.1) is 0 Å². The normalized spacial score (nSPS) is 14.4. The molecule has 0 fully saturated rings. The Hall–Kier alpha value is -1.84. The topological polar surface area (TPSA) is 46.6 Å². The van der Waals surface area contributed by atoms with Crippen LogP contribution in [0.25, 0.3) is 0 Å². The van der Waals surface area contributed by atoms with Gasteiger partial charge in [-0.2, -0.15) is 0 Å². The fourth-order valence-corrected chi connectivity index (χ4v) is 1.71. The number of rotatable bonds is 2. The van der Waals surface area contributed by atoms with Crippen LogP contribution in [-0.4, -0.2) is 25.3 Å². The molecule has 0 unspecified atom stereocenters. The Morgan fingerprint density at radius 1 is 1.33 bits per heavy atom. The molecule has 15 heavy (non-hydrogen) atoms. The third kappa shape index (κ3) is 1.29. The molecular formula is C11H11NO3. The Morgan fingerprint density at radius 2 is 2.07 bits per heavy atom. The Bertz CT molecular complexity index is 439. The molecule has 1 aliphatic rings.